The third kappa shape index (κ3) is 3.54. The van der Waals surface area contributed by atoms with Gasteiger partial charge in [-0.15, -0.1) is 0 Å². The van der Waals surface area contributed by atoms with Gasteiger partial charge in [-0.1, -0.05) is 12.1 Å². The lowest BCUT2D eigenvalue weighted by Gasteiger charge is -2.40. The van der Waals surface area contributed by atoms with Crippen LogP contribution in [0.4, 0.5) is 5.69 Å². The minimum atomic E-state index is -0.846. The van der Waals surface area contributed by atoms with Gasteiger partial charge in [0.1, 0.15) is 5.54 Å². The average molecular weight is 291 g/mol. The first-order valence-corrected chi connectivity index (χ1v) is 7.39. The highest BCUT2D eigenvalue weighted by molar-refractivity contribution is 5.78. The highest BCUT2D eigenvalue weighted by Crippen LogP contribution is 2.23. The third-order valence-electron chi connectivity index (χ3n) is 4.28. The summed E-state index contributed by atoms with van der Waals surface area (Å²) in [7, 11) is 3.99. The fraction of sp³-hybridized carbons (Fsp3) is 0.562. The largest absolute Gasteiger partial charge is 0.480 e. The number of hydrogen-bond acceptors (Lipinski definition) is 4. The molecule has 1 aliphatic rings. The normalized spacial score (nSPS) is 19.0. The molecule has 0 aromatic heterocycles. The van der Waals surface area contributed by atoms with Crippen LogP contribution in [0.5, 0.6) is 0 Å². The molecule has 5 nitrogen and oxygen atoms in total. The molecular formula is C16H25N3O2. The number of aliphatic carboxylic acids is 1. The van der Waals surface area contributed by atoms with Crippen LogP contribution in [0.2, 0.25) is 0 Å². The van der Waals surface area contributed by atoms with Gasteiger partial charge in [-0.05, 0) is 24.6 Å². The Balaban J connectivity index is 2.17. The van der Waals surface area contributed by atoms with Crippen LogP contribution in [0.25, 0.3) is 0 Å². The summed E-state index contributed by atoms with van der Waals surface area (Å²) in [6.45, 7) is 5.09. The van der Waals surface area contributed by atoms with Gasteiger partial charge in [-0.3, -0.25) is 9.69 Å². The molecule has 1 atom stereocenters. The van der Waals surface area contributed by atoms with Crippen molar-refractivity contribution in [2.75, 3.05) is 45.2 Å². The van der Waals surface area contributed by atoms with Crippen LogP contribution in [-0.2, 0) is 11.2 Å². The van der Waals surface area contributed by atoms with Crippen LogP contribution in [0.15, 0.2) is 24.3 Å². The van der Waals surface area contributed by atoms with E-state index in [0.29, 0.717) is 6.42 Å². The summed E-state index contributed by atoms with van der Waals surface area (Å²) < 4.78 is 0. The molecule has 1 aromatic carbocycles. The number of carboxylic acids is 1. The van der Waals surface area contributed by atoms with Gasteiger partial charge in [0, 0.05) is 52.4 Å². The SMILES string of the molecule is CN(C)c1ccc(CC(C)(C(=O)O)N2CCNCC2)cc1. The Bertz CT molecular complexity index is 481. The van der Waals surface area contributed by atoms with Crippen molar-refractivity contribution < 1.29 is 9.90 Å². The number of nitrogens with zero attached hydrogens (tertiary/aromatic N) is 2. The fourth-order valence-corrected chi connectivity index (χ4v) is 2.79. The maximum atomic E-state index is 11.8. The minimum Gasteiger partial charge on any atom is -0.480 e. The molecule has 1 fully saturated rings. The van der Waals surface area contributed by atoms with Crippen LogP contribution in [0.1, 0.15) is 12.5 Å². The molecule has 0 spiro atoms. The molecule has 1 saturated heterocycles. The van der Waals surface area contributed by atoms with Crippen molar-refractivity contribution in [3.63, 3.8) is 0 Å². The molecule has 0 saturated carbocycles. The number of benzene rings is 1. The standard InChI is InChI=1S/C16H25N3O2/c1-16(15(20)21,19-10-8-17-9-11-19)12-13-4-6-14(7-5-13)18(2)3/h4-7,17H,8-12H2,1-3H3,(H,20,21). The molecule has 5 heteroatoms. The summed E-state index contributed by atoms with van der Waals surface area (Å²) in [5.74, 6) is -0.749. The second-order valence-corrected chi connectivity index (χ2v) is 6.05. The van der Waals surface area contributed by atoms with Crippen molar-refractivity contribution in [3.05, 3.63) is 29.8 Å². The lowest BCUT2D eigenvalue weighted by atomic mass is 9.90. The quantitative estimate of drug-likeness (QED) is 0.849. The van der Waals surface area contributed by atoms with E-state index < -0.39 is 11.5 Å². The van der Waals surface area contributed by atoms with Crippen LogP contribution >= 0.6 is 0 Å². The summed E-state index contributed by atoms with van der Waals surface area (Å²) in [4.78, 5) is 15.9. The summed E-state index contributed by atoms with van der Waals surface area (Å²) in [6, 6.07) is 8.13. The molecule has 0 amide bonds. The van der Waals surface area contributed by atoms with Crippen molar-refractivity contribution in [3.8, 4) is 0 Å². The first-order valence-electron chi connectivity index (χ1n) is 7.39. The lowest BCUT2D eigenvalue weighted by Crippen LogP contribution is -2.59. The number of carboxylic acid groups (broad SMARTS) is 1. The van der Waals surface area contributed by atoms with Gasteiger partial charge in [0.15, 0.2) is 0 Å². The highest BCUT2D eigenvalue weighted by Gasteiger charge is 2.40. The number of carbonyl (C=O) groups is 1. The minimum absolute atomic E-state index is 0.524. The van der Waals surface area contributed by atoms with Crippen molar-refractivity contribution in [1.82, 2.24) is 10.2 Å². The molecule has 0 aliphatic carbocycles. The molecule has 1 heterocycles. The first-order chi connectivity index (χ1) is 9.93. The van der Waals surface area contributed by atoms with E-state index in [2.05, 4.69) is 10.2 Å². The van der Waals surface area contributed by atoms with Gasteiger partial charge in [-0.2, -0.15) is 0 Å². The van der Waals surface area contributed by atoms with E-state index in [1.165, 1.54) is 0 Å². The summed E-state index contributed by atoms with van der Waals surface area (Å²) in [5.41, 5.74) is 1.34. The summed E-state index contributed by atoms with van der Waals surface area (Å²) in [5, 5.41) is 13.0. The first kappa shape index (κ1) is 15.8. The van der Waals surface area contributed by atoms with Crippen LogP contribution in [-0.4, -0.2) is 61.8 Å². The molecular weight excluding hydrogens is 266 g/mol. The molecule has 116 valence electrons. The zero-order valence-electron chi connectivity index (χ0n) is 13.1. The van der Waals surface area contributed by atoms with E-state index in [4.69, 9.17) is 0 Å². The zero-order chi connectivity index (χ0) is 15.5. The maximum Gasteiger partial charge on any atom is 0.324 e. The Hall–Kier alpha value is -1.59. The van der Waals surface area contributed by atoms with Crippen molar-refractivity contribution in [1.29, 1.82) is 0 Å². The molecule has 21 heavy (non-hydrogen) atoms. The molecule has 2 rings (SSSR count). The van der Waals surface area contributed by atoms with Crippen molar-refractivity contribution in [2.24, 2.45) is 0 Å². The molecule has 0 radical (unpaired) electrons. The topological polar surface area (TPSA) is 55.8 Å². The van der Waals surface area contributed by atoms with Crippen molar-refractivity contribution in [2.45, 2.75) is 18.9 Å². The number of piperazine rings is 1. The fourth-order valence-electron chi connectivity index (χ4n) is 2.79. The smallest absolute Gasteiger partial charge is 0.324 e. The summed E-state index contributed by atoms with van der Waals surface area (Å²) in [6.07, 6.45) is 0.524. The molecule has 0 bridgehead atoms. The predicted molar refractivity (Wildman–Crippen MR) is 85.0 cm³/mol. The zero-order valence-corrected chi connectivity index (χ0v) is 13.1. The van der Waals surface area contributed by atoms with E-state index in [1.54, 1.807) is 0 Å². The number of anilines is 1. The molecule has 2 N–H and O–H groups in total. The van der Waals surface area contributed by atoms with Gasteiger partial charge < -0.3 is 15.3 Å². The monoisotopic (exact) mass is 291 g/mol. The van der Waals surface area contributed by atoms with Gasteiger partial charge in [0.05, 0.1) is 0 Å². The van der Waals surface area contributed by atoms with Gasteiger partial charge in [-0.25, -0.2) is 0 Å². The van der Waals surface area contributed by atoms with Gasteiger partial charge in [0.25, 0.3) is 0 Å². The second-order valence-electron chi connectivity index (χ2n) is 6.05. The van der Waals surface area contributed by atoms with E-state index in [-0.39, 0.29) is 0 Å². The van der Waals surface area contributed by atoms with E-state index in [1.807, 2.05) is 50.2 Å². The van der Waals surface area contributed by atoms with Crippen LogP contribution < -0.4 is 10.2 Å². The molecule has 1 aromatic rings. The van der Waals surface area contributed by atoms with Crippen LogP contribution in [0, 0.1) is 0 Å². The average Bonchev–Trinajstić information content (AvgIpc) is 2.48. The number of hydrogen-bond donors (Lipinski definition) is 2. The second kappa shape index (κ2) is 6.45. The van der Waals surface area contributed by atoms with E-state index in [0.717, 1.165) is 37.4 Å². The van der Waals surface area contributed by atoms with Crippen LogP contribution in [0.3, 0.4) is 0 Å². The van der Waals surface area contributed by atoms with Crippen molar-refractivity contribution >= 4 is 11.7 Å². The highest BCUT2D eigenvalue weighted by atomic mass is 16.4. The third-order valence-corrected chi connectivity index (χ3v) is 4.28. The molecule has 1 unspecified atom stereocenters. The Kier molecular flexibility index (Phi) is 4.85. The predicted octanol–water partition coefficient (Wildman–Crippen LogP) is 1.04. The number of rotatable bonds is 5. The lowest BCUT2D eigenvalue weighted by molar-refractivity contribution is -0.151. The maximum absolute atomic E-state index is 11.8. The Morgan fingerprint density at radius 1 is 1.29 bits per heavy atom. The Labute approximate surface area is 126 Å². The summed E-state index contributed by atoms with van der Waals surface area (Å²) >= 11 is 0. The van der Waals surface area contributed by atoms with E-state index in [9.17, 15) is 9.90 Å². The molecule has 1 aliphatic heterocycles. The van der Waals surface area contributed by atoms with Gasteiger partial charge in [0.2, 0.25) is 0 Å². The Morgan fingerprint density at radius 2 is 1.86 bits per heavy atom. The Morgan fingerprint density at radius 3 is 2.33 bits per heavy atom. The number of nitrogens with one attached hydrogen (secondary N) is 1. The van der Waals surface area contributed by atoms with E-state index >= 15 is 0 Å². The van der Waals surface area contributed by atoms with Gasteiger partial charge >= 0.3 is 5.97 Å².